The Morgan fingerprint density at radius 3 is 2.21 bits per heavy atom. The predicted octanol–water partition coefficient (Wildman–Crippen LogP) is 3.85. The molecule has 0 amide bonds. The zero-order valence-electron chi connectivity index (χ0n) is 13.4. The predicted molar refractivity (Wildman–Crippen MR) is 81.3 cm³/mol. The molecule has 0 radical (unpaired) electrons. The van der Waals surface area contributed by atoms with Gasteiger partial charge in [-0.1, -0.05) is 20.8 Å². The maximum atomic E-state index is 5.62. The highest BCUT2D eigenvalue weighted by Crippen LogP contribution is 2.39. The van der Waals surface area contributed by atoms with Crippen molar-refractivity contribution in [2.45, 2.75) is 65.9 Å². The third-order valence-electron chi connectivity index (χ3n) is 5.44. The maximum Gasteiger partial charge on any atom is 0.0588 e. The molecule has 2 heteroatoms. The molecule has 0 spiro atoms. The van der Waals surface area contributed by atoms with E-state index in [0.717, 1.165) is 30.9 Å². The van der Waals surface area contributed by atoms with E-state index in [9.17, 15) is 0 Å². The van der Waals surface area contributed by atoms with Crippen LogP contribution < -0.4 is 5.32 Å². The second kappa shape index (κ2) is 6.58. The van der Waals surface area contributed by atoms with Gasteiger partial charge >= 0.3 is 0 Å². The summed E-state index contributed by atoms with van der Waals surface area (Å²) in [4.78, 5) is 0. The lowest BCUT2D eigenvalue weighted by Crippen LogP contribution is -2.34. The normalized spacial score (nSPS) is 36.6. The summed E-state index contributed by atoms with van der Waals surface area (Å²) < 4.78 is 5.62. The fraction of sp³-hybridized carbons (Fsp3) is 1.00. The Hall–Kier alpha value is -0.0800. The summed E-state index contributed by atoms with van der Waals surface area (Å²) in [6, 6.07) is 0. The summed E-state index contributed by atoms with van der Waals surface area (Å²) in [5.74, 6) is 2.59. The average molecular weight is 267 g/mol. The van der Waals surface area contributed by atoms with Crippen LogP contribution in [-0.4, -0.2) is 25.8 Å². The Morgan fingerprint density at radius 2 is 1.68 bits per heavy atom. The molecule has 2 nitrogen and oxygen atoms in total. The summed E-state index contributed by atoms with van der Waals surface area (Å²) in [6.45, 7) is 12.8. The Morgan fingerprint density at radius 1 is 1.00 bits per heavy atom. The Labute approximate surface area is 119 Å². The van der Waals surface area contributed by atoms with Crippen molar-refractivity contribution < 1.29 is 4.74 Å². The lowest BCUT2D eigenvalue weighted by atomic mass is 9.70. The van der Waals surface area contributed by atoms with Gasteiger partial charge in [0, 0.05) is 13.2 Å². The molecule has 1 aliphatic carbocycles. The van der Waals surface area contributed by atoms with E-state index >= 15 is 0 Å². The number of nitrogens with one attached hydrogen (secondary N) is 1. The van der Waals surface area contributed by atoms with E-state index in [1.807, 2.05) is 0 Å². The van der Waals surface area contributed by atoms with E-state index in [-0.39, 0.29) is 0 Å². The third kappa shape index (κ3) is 4.46. The summed E-state index contributed by atoms with van der Waals surface area (Å²) >= 11 is 0. The summed E-state index contributed by atoms with van der Waals surface area (Å²) in [7, 11) is 0. The lowest BCUT2D eigenvalue weighted by Gasteiger charge is -2.37. The van der Waals surface area contributed by atoms with Crippen LogP contribution in [0.1, 0.15) is 59.8 Å². The van der Waals surface area contributed by atoms with Crippen molar-refractivity contribution in [1.29, 1.82) is 0 Å². The van der Waals surface area contributed by atoms with E-state index in [1.165, 1.54) is 38.6 Å². The van der Waals surface area contributed by atoms with Gasteiger partial charge in [0.2, 0.25) is 0 Å². The first-order chi connectivity index (χ1) is 8.97. The molecule has 2 rings (SSSR count). The largest absolute Gasteiger partial charge is 0.378 e. The molecule has 2 fully saturated rings. The van der Waals surface area contributed by atoms with Gasteiger partial charge in [-0.2, -0.15) is 0 Å². The molecule has 1 N–H and O–H groups in total. The van der Waals surface area contributed by atoms with Crippen molar-refractivity contribution in [1.82, 2.24) is 5.32 Å². The van der Waals surface area contributed by atoms with Gasteiger partial charge in [-0.15, -0.1) is 0 Å². The summed E-state index contributed by atoms with van der Waals surface area (Å²) in [6.07, 6.45) is 7.41. The first-order valence-corrected chi connectivity index (χ1v) is 8.29. The summed E-state index contributed by atoms with van der Waals surface area (Å²) in [5.41, 5.74) is 0.509. The standard InChI is InChI=1S/C17H33NO/c1-13-15(9-10-19-13)12-18-11-14-5-7-16(8-6-14)17(2,3)4/h13-16,18H,5-12H2,1-4H3. The van der Waals surface area contributed by atoms with Crippen LogP contribution in [-0.2, 0) is 4.74 Å². The Bertz CT molecular complexity index is 263. The molecular weight excluding hydrogens is 234 g/mol. The highest BCUT2D eigenvalue weighted by molar-refractivity contribution is 4.82. The zero-order chi connectivity index (χ0) is 13.9. The minimum atomic E-state index is 0.462. The molecule has 19 heavy (non-hydrogen) atoms. The van der Waals surface area contributed by atoms with Crippen LogP contribution in [0.25, 0.3) is 0 Å². The molecule has 0 aromatic rings. The van der Waals surface area contributed by atoms with Crippen LogP contribution in [0.2, 0.25) is 0 Å². The monoisotopic (exact) mass is 267 g/mol. The molecule has 0 aromatic heterocycles. The Balaban J connectivity index is 1.61. The van der Waals surface area contributed by atoms with Crippen LogP contribution in [0.5, 0.6) is 0 Å². The third-order valence-corrected chi connectivity index (χ3v) is 5.44. The maximum absolute atomic E-state index is 5.62. The molecular formula is C17H33NO. The molecule has 1 aliphatic heterocycles. The van der Waals surface area contributed by atoms with E-state index in [1.54, 1.807) is 0 Å². The van der Waals surface area contributed by atoms with E-state index in [0.29, 0.717) is 11.5 Å². The SMILES string of the molecule is CC1OCCC1CNCC1CCC(C(C)(C)C)CC1. The van der Waals surface area contributed by atoms with Crippen molar-refractivity contribution >= 4 is 0 Å². The Kier molecular flexibility index (Phi) is 5.30. The minimum Gasteiger partial charge on any atom is -0.378 e. The number of rotatable bonds is 4. The first kappa shape index (κ1) is 15.3. The van der Waals surface area contributed by atoms with E-state index < -0.39 is 0 Å². The van der Waals surface area contributed by atoms with Crippen LogP contribution >= 0.6 is 0 Å². The van der Waals surface area contributed by atoms with Gasteiger partial charge in [0.15, 0.2) is 0 Å². The fourth-order valence-electron chi connectivity index (χ4n) is 3.75. The van der Waals surface area contributed by atoms with E-state index in [2.05, 4.69) is 33.0 Å². The number of ether oxygens (including phenoxy) is 1. The van der Waals surface area contributed by atoms with Crippen molar-refractivity contribution in [3.63, 3.8) is 0 Å². The first-order valence-electron chi connectivity index (χ1n) is 8.29. The fourth-order valence-corrected chi connectivity index (χ4v) is 3.75. The van der Waals surface area contributed by atoms with Gasteiger partial charge in [0.1, 0.15) is 0 Å². The quantitative estimate of drug-likeness (QED) is 0.835. The molecule has 2 unspecified atom stereocenters. The zero-order valence-corrected chi connectivity index (χ0v) is 13.4. The highest BCUT2D eigenvalue weighted by atomic mass is 16.5. The van der Waals surface area contributed by atoms with Gasteiger partial charge in [-0.05, 0) is 68.7 Å². The average Bonchev–Trinajstić information content (AvgIpc) is 2.75. The molecule has 0 aromatic carbocycles. The van der Waals surface area contributed by atoms with Gasteiger partial charge in [0.25, 0.3) is 0 Å². The molecule has 2 aliphatic rings. The number of hydrogen-bond donors (Lipinski definition) is 1. The van der Waals surface area contributed by atoms with Gasteiger partial charge in [-0.3, -0.25) is 0 Å². The van der Waals surface area contributed by atoms with Crippen LogP contribution in [0.15, 0.2) is 0 Å². The van der Waals surface area contributed by atoms with Crippen LogP contribution in [0.3, 0.4) is 0 Å². The molecule has 1 saturated carbocycles. The molecule has 1 heterocycles. The molecule has 0 bridgehead atoms. The topological polar surface area (TPSA) is 21.3 Å². The number of hydrogen-bond acceptors (Lipinski definition) is 2. The second-order valence-corrected chi connectivity index (χ2v) is 7.87. The highest BCUT2D eigenvalue weighted by Gasteiger charge is 2.30. The van der Waals surface area contributed by atoms with Crippen molar-refractivity contribution in [2.75, 3.05) is 19.7 Å². The molecule has 2 atom stereocenters. The summed E-state index contributed by atoms with van der Waals surface area (Å²) in [5, 5.41) is 3.70. The van der Waals surface area contributed by atoms with Gasteiger partial charge < -0.3 is 10.1 Å². The van der Waals surface area contributed by atoms with Gasteiger partial charge in [0.05, 0.1) is 6.10 Å². The molecule has 112 valence electrons. The smallest absolute Gasteiger partial charge is 0.0588 e. The lowest BCUT2D eigenvalue weighted by molar-refractivity contribution is 0.104. The van der Waals surface area contributed by atoms with Gasteiger partial charge in [-0.25, -0.2) is 0 Å². The van der Waals surface area contributed by atoms with Crippen molar-refractivity contribution in [3.8, 4) is 0 Å². The second-order valence-electron chi connectivity index (χ2n) is 7.87. The van der Waals surface area contributed by atoms with Crippen LogP contribution in [0, 0.1) is 23.2 Å². The van der Waals surface area contributed by atoms with Crippen molar-refractivity contribution in [2.24, 2.45) is 23.2 Å². The van der Waals surface area contributed by atoms with Crippen LogP contribution in [0.4, 0.5) is 0 Å². The van der Waals surface area contributed by atoms with E-state index in [4.69, 9.17) is 4.74 Å². The minimum absolute atomic E-state index is 0.462. The molecule has 1 saturated heterocycles. The van der Waals surface area contributed by atoms with Crippen molar-refractivity contribution in [3.05, 3.63) is 0 Å².